The van der Waals surface area contributed by atoms with Crippen molar-refractivity contribution in [1.82, 2.24) is 19.4 Å². The minimum atomic E-state index is 0.00194. The number of fused-ring (bicyclic) bond motifs is 1. The Morgan fingerprint density at radius 1 is 1.00 bits per heavy atom. The molecule has 0 atom stereocenters. The zero-order valence-corrected chi connectivity index (χ0v) is 18.4. The highest BCUT2D eigenvalue weighted by atomic mass is 16.5. The number of carbonyl (C=O) groups excluding carboxylic acids is 1. The Labute approximate surface area is 191 Å². The molecule has 0 aliphatic carbocycles. The number of amides is 1. The van der Waals surface area contributed by atoms with Crippen molar-refractivity contribution in [3.63, 3.8) is 0 Å². The molecule has 1 saturated heterocycles. The Kier molecular flexibility index (Phi) is 5.56. The summed E-state index contributed by atoms with van der Waals surface area (Å²) in [5.74, 6) is 0.135. The Morgan fingerprint density at radius 3 is 2.42 bits per heavy atom. The molecule has 1 aliphatic heterocycles. The van der Waals surface area contributed by atoms with Gasteiger partial charge in [-0.3, -0.25) is 4.79 Å². The molecular weight excluding hydrogens is 418 g/mol. The summed E-state index contributed by atoms with van der Waals surface area (Å²) in [4.78, 5) is 25.5. The largest absolute Gasteiger partial charge is 0.494 e. The molecule has 5 rings (SSSR count). The smallest absolute Gasteiger partial charge is 0.316 e. The molecule has 168 valence electrons. The van der Waals surface area contributed by atoms with Gasteiger partial charge in [-0.05, 0) is 12.1 Å². The number of hydrogen-bond donors (Lipinski definition) is 1. The zero-order chi connectivity index (χ0) is 22.8. The van der Waals surface area contributed by atoms with E-state index in [9.17, 15) is 9.90 Å². The molecule has 1 N–H and O–H groups in total. The van der Waals surface area contributed by atoms with Crippen LogP contribution in [0.1, 0.15) is 0 Å². The summed E-state index contributed by atoms with van der Waals surface area (Å²) in [7, 11) is 1.55. The van der Waals surface area contributed by atoms with E-state index in [-0.39, 0.29) is 18.3 Å². The third-order valence-corrected chi connectivity index (χ3v) is 6.07. The maximum Gasteiger partial charge on any atom is 0.316 e. The second kappa shape index (κ2) is 8.82. The molecule has 3 heterocycles. The van der Waals surface area contributed by atoms with Crippen LogP contribution in [-0.2, 0) is 11.3 Å². The number of aromatic hydroxyl groups is 1. The SMILES string of the molecule is COc1ncc(-c2ccccc2N2CCN(C(=O)Cn3cc4ccccc4c3O)CC2)cn1. The summed E-state index contributed by atoms with van der Waals surface area (Å²) in [5.41, 5.74) is 3.05. The van der Waals surface area contributed by atoms with E-state index in [0.717, 1.165) is 40.7 Å². The van der Waals surface area contributed by atoms with E-state index in [1.807, 2.05) is 47.5 Å². The molecular formula is C25H25N5O3. The van der Waals surface area contributed by atoms with Crippen molar-refractivity contribution in [2.24, 2.45) is 0 Å². The van der Waals surface area contributed by atoms with Crippen molar-refractivity contribution in [3.05, 3.63) is 67.1 Å². The lowest BCUT2D eigenvalue weighted by atomic mass is 10.1. The van der Waals surface area contributed by atoms with Crippen molar-refractivity contribution >= 4 is 22.4 Å². The fourth-order valence-corrected chi connectivity index (χ4v) is 4.31. The molecule has 1 amide bonds. The minimum absolute atomic E-state index is 0.00194. The zero-order valence-electron chi connectivity index (χ0n) is 18.4. The molecule has 0 saturated carbocycles. The van der Waals surface area contributed by atoms with E-state index in [2.05, 4.69) is 27.0 Å². The summed E-state index contributed by atoms with van der Waals surface area (Å²) >= 11 is 0. The quantitative estimate of drug-likeness (QED) is 0.510. The standard InChI is InChI=1S/C25H25N5O3/c1-33-25-26-14-19(15-27-25)20-7-4-5-9-22(20)28-10-12-29(13-11-28)23(31)17-30-16-18-6-2-3-8-21(18)24(30)32/h2-9,14-16,32H,10-13,17H2,1H3. The number of methoxy groups -OCH3 is 1. The normalized spacial score (nSPS) is 14.0. The number of hydrogen-bond acceptors (Lipinski definition) is 6. The molecule has 0 spiro atoms. The first-order chi connectivity index (χ1) is 16.1. The minimum Gasteiger partial charge on any atom is -0.494 e. The fraction of sp³-hybridized carbons (Fsp3) is 0.240. The Hall–Kier alpha value is -4.07. The number of carbonyl (C=O) groups is 1. The van der Waals surface area contributed by atoms with E-state index in [4.69, 9.17) is 4.74 Å². The van der Waals surface area contributed by atoms with Gasteiger partial charge >= 0.3 is 6.01 Å². The molecule has 8 nitrogen and oxygen atoms in total. The second-order valence-corrected chi connectivity index (χ2v) is 8.01. The lowest BCUT2D eigenvalue weighted by molar-refractivity contribution is -0.132. The predicted molar refractivity (Wildman–Crippen MR) is 126 cm³/mol. The number of ether oxygens (including phenoxy) is 1. The maximum absolute atomic E-state index is 12.9. The second-order valence-electron chi connectivity index (χ2n) is 8.01. The van der Waals surface area contributed by atoms with Crippen LogP contribution in [0.2, 0.25) is 0 Å². The average molecular weight is 444 g/mol. The third-order valence-electron chi connectivity index (χ3n) is 6.07. The Balaban J connectivity index is 1.27. The lowest BCUT2D eigenvalue weighted by Crippen LogP contribution is -2.49. The Morgan fingerprint density at radius 2 is 1.70 bits per heavy atom. The van der Waals surface area contributed by atoms with Gasteiger partial charge in [0.25, 0.3) is 0 Å². The highest BCUT2D eigenvalue weighted by Crippen LogP contribution is 2.31. The number of anilines is 1. The first-order valence-corrected chi connectivity index (χ1v) is 10.9. The average Bonchev–Trinajstić information content (AvgIpc) is 3.19. The lowest BCUT2D eigenvalue weighted by Gasteiger charge is -2.37. The Bertz CT molecular complexity index is 1280. The van der Waals surface area contributed by atoms with Crippen LogP contribution in [0.5, 0.6) is 11.9 Å². The van der Waals surface area contributed by atoms with Crippen molar-refractivity contribution in [2.45, 2.75) is 6.54 Å². The molecule has 0 unspecified atom stereocenters. The number of rotatable bonds is 5. The molecule has 33 heavy (non-hydrogen) atoms. The summed E-state index contributed by atoms with van der Waals surface area (Å²) in [6.07, 6.45) is 5.35. The van der Waals surface area contributed by atoms with Crippen LogP contribution in [0.15, 0.2) is 67.1 Å². The van der Waals surface area contributed by atoms with Gasteiger partial charge in [-0.2, -0.15) is 0 Å². The highest BCUT2D eigenvalue weighted by Gasteiger charge is 2.24. The summed E-state index contributed by atoms with van der Waals surface area (Å²) in [6.45, 7) is 2.81. The van der Waals surface area contributed by atoms with Gasteiger partial charge < -0.3 is 24.2 Å². The topological polar surface area (TPSA) is 83.7 Å². The van der Waals surface area contributed by atoms with Gasteiger partial charge in [0, 0.05) is 72.4 Å². The van der Waals surface area contributed by atoms with Crippen LogP contribution in [0.3, 0.4) is 0 Å². The van der Waals surface area contributed by atoms with Crippen molar-refractivity contribution in [1.29, 1.82) is 0 Å². The number of piperazine rings is 1. The van der Waals surface area contributed by atoms with E-state index in [1.165, 1.54) is 0 Å². The van der Waals surface area contributed by atoms with Gasteiger partial charge in [-0.25, -0.2) is 9.97 Å². The van der Waals surface area contributed by atoms with Gasteiger partial charge in [-0.15, -0.1) is 0 Å². The van der Waals surface area contributed by atoms with Crippen LogP contribution < -0.4 is 9.64 Å². The first-order valence-electron chi connectivity index (χ1n) is 10.9. The highest BCUT2D eigenvalue weighted by molar-refractivity contribution is 5.89. The van der Waals surface area contributed by atoms with Crippen LogP contribution in [-0.4, -0.2) is 63.7 Å². The molecule has 1 fully saturated rings. The van der Waals surface area contributed by atoms with E-state index >= 15 is 0 Å². The molecule has 1 aliphatic rings. The summed E-state index contributed by atoms with van der Waals surface area (Å²) < 4.78 is 6.69. The number of benzene rings is 2. The third kappa shape index (κ3) is 4.07. The van der Waals surface area contributed by atoms with E-state index in [1.54, 1.807) is 24.1 Å². The maximum atomic E-state index is 12.9. The van der Waals surface area contributed by atoms with Gasteiger partial charge in [0.1, 0.15) is 6.54 Å². The molecule has 0 bridgehead atoms. The number of para-hydroxylation sites is 1. The van der Waals surface area contributed by atoms with Crippen molar-refractivity contribution in [2.75, 3.05) is 38.2 Å². The van der Waals surface area contributed by atoms with Crippen LogP contribution in [0, 0.1) is 0 Å². The van der Waals surface area contributed by atoms with Crippen molar-refractivity contribution < 1.29 is 14.6 Å². The van der Waals surface area contributed by atoms with Gasteiger partial charge in [0.2, 0.25) is 5.91 Å². The van der Waals surface area contributed by atoms with E-state index in [0.29, 0.717) is 19.1 Å². The summed E-state index contributed by atoms with van der Waals surface area (Å²) in [5, 5.41) is 12.1. The fourth-order valence-electron chi connectivity index (χ4n) is 4.31. The van der Waals surface area contributed by atoms with Crippen LogP contribution >= 0.6 is 0 Å². The number of nitrogens with zero attached hydrogens (tertiary/aromatic N) is 5. The molecule has 0 radical (unpaired) electrons. The van der Waals surface area contributed by atoms with Gasteiger partial charge in [0.15, 0.2) is 5.88 Å². The van der Waals surface area contributed by atoms with Crippen LogP contribution in [0.4, 0.5) is 5.69 Å². The molecule has 2 aromatic carbocycles. The molecule has 2 aromatic heterocycles. The van der Waals surface area contributed by atoms with Crippen LogP contribution in [0.25, 0.3) is 21.9 Å². The van der Waals surface area contributed by atoms with Gasteiger partial charge in [-0.1, -0.05) is 36.4 Å². The molecule has 4 aromatic rings. The van der Waals surface area contributed by atoms with Gasteiger partial charge in [0.05, 0.1) is 7.11 Å². The number of aromatic nitrogens is 3. The van der Waals surface area contributed by atoms with E-state index < -0.39 is 0 Å². The predicted octanol–water partition coefficient (Wildman–Crippen LogP) is 3.16. The monoisotopic (exact) mass is 443 g/mol. The first kappa shape index (κ1) is 20.8. The molecule has 8 heteroatoms. The van der Waals surface area contributed by atoms with Crippen molar-refractivity contribution in [3.8, 4) is 23.0 Å². The summed E-state index contributed by atoms with van der Waals surface area (Å²) in [6, 6.07) is 16.1.